The minimum atomic E-state index is -0.498. The number of hydrogen-bond donors (Lipinski definition) is 2. The van der Waals surface area contributed by atoms with Gasteiger partial charge in [0.05, 0.1) is 0 Å². The van der Waals surface area contributed by atoms with E-state index in [0.29, 0.717) is 22.7 Å². The van der Waals surface area contributed by atoms with Crippen LogP contribution in [0.1, 0.15) is 16.7 Å². The van der Waals surface area contributed by atoms with Crippen molar-refractivity contribution in [1.82, 2.24) is 0 Å². The van der Waals surface area contributed by atoms with Crippen LogP contribution in [0.15, 0.2) is 72.3 Å². The van der Waals surface area contributed by atoms with Gasteiger partial charge in [0.15, 0.2) is 6.61 Å². The largest absolute Gasteiger partial charge is 0.484 e. The fourth-order valence-corrected chi connectivity index (χ4v) is 3.00. The highest BCUT2D eigenvalue weighted by molar-refractivity contribution is 6.10. The smallest absolute Gasteiger partial charge is 0.266 e. The maximum Gasteiger partial charge on any atom is 0.266 e. The molecule has 3 aromatic rings. The van der Waals surface area contributed by atoms with Gasteiger partial charge in [-0.15, -0.1) is 0 Å². The Balaban J connectivity index is 1.58. The van der Waals surface area contributed by atoms with Crippen LogP contribution < -0.4 is 15.4 Å². The van der Waals surface area contributed by atoms with Crippen molar-refractivity contribution in [3.05, 3.63) is 94.8 Å². The van der Waals surface area contributed by atoms with Gasteiger partial charge in [-0.3, -0.25) is 9.59 Å². The molecule has 0 bridgehead atoms. The molecule has 3 rings (SSSR count). The van der Waals surface area contributed by atoms with Gasteiger partial charge in [-0.05, 0) is 73.5 Å². The van der Waals surface area contributed by atoms with Crippen LogP contribution in [0.3, 0.4) is 0 Å². The summed E-state index contributed by atoms with van der Waals surface area (Å²) in [6.45, 7) is 3.62. The van der Waals surface area contributed by atoms with Crippen LogP contribution in [-0.2, 0) is 9.59 Å². The Morgan fingerprint density at radius 2 is 1.70 bits per heavy atom. The molecule has 0 fully saturated rings. The van der Waals surface area contributed by atoms with Crippen LogP contribution in [-0.4, -0.2) is 18.4 Å². The van der Waals surface area contributed by atoms with Crippen LogP contribution >= 0.6 is 0 Å². The Labute approximate surface area is 191 Å². The summed E-state index contributed by atoms with van der Waals surface area (Å²) in [5, 5.41) is 14.8. The number of anilines is 2. The van der Waals surface area contributed by atoms with Crippen molar-refractivity contribution < 1.29 is 18.7 Å². The summed E-state index contributed by atoms with van der Waals surface area (Å²) in [6, 6.07) is 19.6. The number of nitriles is 1. The van der Waals surface area contributed by atoms with Crippen molar-refractivity contribution in [1.29, 1.82) is 5.26 Å². The lowest BCUT2D eigenvalue weighted by molar-refractivity contribution is -0.118. The number of ether oxygens (including phenoxy) is 1. The van der Waals surface area contributed by atoms with Crippen molar-refractivity contribution in [2.24, 2.45) is 0 Å². The average Bonchev–Trinajstić information content (AvgIpc) is 2.80. The number of aryl methyl sites for hydroxylation is 2. The second kappa shape index (κ2) is 10.7. The molecule has 3 aromatic carbocycles. The summed E-state index contributed by atoms with van der Waals surface area (Å²) in [5.74, 6) is -0.831. The number of hydrogen-bond acceptors (Lipinski definition) is 4. The highest BCUT2D eigenvalue weighted by atomic mass is 19.1. The Kier molecular flexibility index (Phi) is 7.55. The van der Waals surface area contributed by atoms with E-state index in [-0.39, 0.29) is 23.9 Å². The van der Waals surface area contributed by atoms with E-state index in [2.05, 4.69) is 10.6 Å². The first-order chi connectivity index (χ1) is 15.8. The third-order valence-corrected chi connectivity index (χ3v) is 4.68. The number of amides is 2. The number of nitrogens with zero attached hydrogens (tertiary/aromatic N) is 1. The van der Waals surface area contributed by atoms with Gasteiger partial charge in [-0.1, -0.05) is 29.8 Å². The Bertz CT molecular complexity index is 1230. The zero-order chi connectivity index (χ0) is 23.8. The maximum atomic E-state index is 12.9. The highest BCUT2D eigenvalue weighted by Gasteiger charge is 2.11. The van der Waals surface area contributed by atoms with E-state index in [1.165, 1.54) is 30.3 Å². The predicted molar refractivity (Wildman–Crippen MR) is 125 cm³/mol. The van der Waals surface area contributed by atoms with Gasteiger partial charge in [-0.2, -0.15) is 5.26 Å². The molecule has 166 valence electrons. The zero-order valence-electron chi connectivity index (χ0n) is 18.2. The van der Waals surface area contributed by atoms with Crippen molar-refractivity contribution in [3.8, 4) is 11.8 Å². The van der Waals surface area contributed by atoms with Crippen molar-refractivity contribution in [2.75, 3.05) is 17.2 Å². The standard InChI is InChI=1S/C26H22FN3O3/c1-17-3-12-24(18(2)13-17)30-26(32)20(15-28)14-19-4-10-23(11-5-19)33-16-25(31)29-22-8-6-21(27)7-9-22/h3-14H,16H2,1-2H3,(H,29,31)(H,30,32)/b20-14+. The Morgan fingerprint density at radius 3 is 2.33 bits per heavy atom. The van der Waals surface area contributed by atoms with Crippen LogP contribution in [0.5, 0.6) is 5.75 Å². The van der Waals surface area contributed by atoms with E-state index in [1.807, 2.05) is 32.0 Å². The summed E-state index contributed by atoms with van der Waals surface area (Å²) in [7, 11) is 0. The summed E-state index contributed by atoms with van der Waals surface area (Å²) in [5.41, 5.74) is 3.69. The second-order valence-electron chi connectivity index (χ2n) is 7.36. The van der Waals surface area contributed by atoms with E-state index in [0.717, 1.165) is 11.1 Å². The lowest BCUT2D eigenvalue weighted by Crippen LogP contribution is -2.20. The van der Waals surface area contributed by atoms with Crippen molar-refractivity contribution >= 4 is 29.3 Å². The Hall–Kier alpha value is -4.44. The SMILES string of the molecule is Cc1ccc(NC(=O)/C(C#N)=C/c2ccc(OCC(=O)Nc3ccc(F)cc3)cc2)c(C)c1. The number of nitrogens with one attached hydrogen (secondary N) is 2. The fraction of sp³-hybridized carbons (Fsp3) is 0.115. The molecule has 0 atom stereocenters. The summed E-state index contributed by atoms with van der Waals surface area (Å²) in [6.07, 6.45) is 1.48. The molecule has 0 spiro atoms. The van der Waals surface area contributed by atoms with Gasteiger partial charge in [0.1, 0.15) is 23.2 Å². The van der Waals surface area contributed by atoms with E-state index in [9.17, 15) is 19.2 Å². The molecule has 0 heterocycles. The van der Waals surface area contributed by atoms with E-state index >= 15 is 0 Å². The first-order valence-electron chi connectivity index (χ1n) is 10.1. The molecular weight excluding hydrogens is 421 g/mol. The quantitative estimate of drug-likeness (QED) is 0.397. The number of rotatable bonds is 7. The molecule has 6 nitrogen and oxygen atoms in total. The molecule has 0 aromatic heterocycles. The summed E-state index contributed by atoms with van der Waals surface area (Å²) < 4.78 is 18.4. The molecule has 0 aliphatic heterocycles. The molecule has 7 heteroatoms. The van der Waals surface area contributed by atoms with Crippen molar-refractivity contribution in [3.63, 3.8) is 0 Å². The number of halogens is 1. The van der Waals surface area contributed by atoms with Gasteiger partial charge in [0.25, 0.3) is 11.8 Å². The molecule has 0 saturated heterocycles. The van der Waals surface area contributed by atoms with Crippen LogP contribution in [0.2, 0.25) is 0 Å². The van der Waals surface area contributed by atoms with Crippen LogP contribution in [0.4, 0.5) is 15.8 Å². The second-order valence-corrected chi connectivity index (χ2v) is 7.36. The highest BCUT2D eigenvalue weighted by Crippen LogP contribution is 2.19. The molecule has 2 amide bonds. The maximum absolute atomic E-state index is 12.9. The molecule has 0 saturated carbocycles. The van der Waals surface area contributed by atoms with E-state index in [1.54, 1.807) is 30.3 Å². The van der Waals surface area contributed by atoms with E-state index in [4.69, 9.17) is 4.74 Å². The predicted octanol–water partition coefficient (Wildman–Crippen LogP) is 5.01. The lowest BCUT2D eigenvalue weighted by atomic mass is 10.1. The van der Waals surface area contributed by atoms with Crippen LogP contribution in [0.25, 0.3) is 6.08 Å². The molecule has 2 N–H and O–H groups in total. The molecular formula is C26H22FN3O3. The number of benzene rings is 3. The topological polar surface area (TPSA) is 91.2 Å². The minimum Gasteiger partial charge on any atom is -0.484 e. The summed E-state index contributed by atoms with van der Waals surface area (Å²) >= 11 is 0. The van der Waals surface area contributed by atoms with Crippen molar-refractivity contribution in [2.45, 2.75) is 13.8 Å². The summed E-state index contributed by atoms with van der Waals surface area (Å²) in [4.78, 5) is 24.5. The number of carbonyl (C=O) groups excluding carboxylic acids is 2. The third kappa shape index (κ3) is 6.77. The number of carbonyl (C=O) groups is 2. The van der Waals surface area contributed by atoms with Gasteiger partial charge in [0, 0.05) is 11.4 Å². The zero-order valence-corrected chi connectivity index (χ0v) is 18.2. The van der Waals surface area contributed by atoms with Gasteiger partial charge >= 0.3 is 0 Å². The average molecular weight is 443 g/mol. The monoisotopic (exact) mass is 443 g/mol. The third-order valence-electron chi connectivity index (χ3n) is 4.68. The van der Waals surface area contributed by atoms with Gasteiger partial charge < -0.3 is 15.4 Å². The fourth-order valence-electron chi connectivity index (χ4n) is 3.00. The molecule has 0 aliphatic carbocycles. The first-order valence-corrected chi connectivity index (χ1v) is 10.1. The van der Waals surface area contributed by atoms with Gasteiger partial charge in [-0.25, -0.2) is 4.39 Å². The van der Waals surface area contributed by atoms with Gasteiger partial charge in [0.2, 0.25) is 0 Å². The molecule has 33 heavy (non-hydrogen) atoms. The molecule has 0 aliphatic rings. The first kappa shape index (κ1) is 23.2. The molecule has 0 radical (unpaired) electrons. The molecule has 0 unspecified atom stereocenters. The normalized spacial score (nSPS) is 10.8. The minimum absolute atomic E-state index is 0.0395. The van der Waals surface area contributed by atoms with E-state index < -0.39 is 5.91 Å². The Morgan fingerprint density at radius 1 is 1.00 bits per heavy atom. The lowest BCUT2D eigenvalue weighted by Gasteiger charge is -2.09. The van der Waals surface area contributed by atoms with Crippen LogP contribution in [0, 0.1) is 31.0 Å².